The summed E-state index contributed by atoms with van der Waals surface area (Å²) in [5.74, 6) is 0.192. The molecule has 1 aliphatic carbocycles. The van der Waals surface area contributed by atoms with Gasteiger partial charge in [-0.1, -0.05) is 18.6 Å². The van der Waals surface area contributed by atoms with Crippen LogP contribution in [0.4, 0.5) is 5.69 Å². The van der Waals surface area contributed by atoms with Crippen LogP contribution in [0.2, 0.25) is 0 Å². The van der Waals surface area contributed by atoms with Gasteiger partial charge in [-0.25, -0.2) is 0 Å². The number of nitrogens with two attached hydrogens (primary N) is 1. The first kappa shape index (κ1) is 24.7. The molecule has 0 aromatic heterocycles. The number of benzene rings is 1. The van der Waals surface area contributed by atoms with Gasteiger partial charge in [0.05, 0.1) is 6.42 Å². The van der Waals surface area contributed by atoms with Crippen molar-refractivity contribution >= 4 is 42.3 Å². The van der Waals surface area contributed by atoms with Gasteiger partial charge in [-0.05, 0) is 44.0 Å². The minimum atomic E-state index is -0.00521. The lowest BCUT2D eigenvalue weighted by atomic mass is 9.85. The molecule has 1 heterocycles. The maximum Gasteiger partial charge on any atom is 0.227 e. The number of hydrogen-bond donors (Lipinski definition) is 2. The molecule has 3 N–H and O–H groups in total. The fourth-order valence-corrected chi connectivity index (χ4v) is 3.81. The van der Waals surface area contributed by atoms with E-state index in [4.69, 9.17) is 5.73 Å². The molecule has 0 spiro atoms. The van der Waals surface area contributed by atoms with E-state index in [2.05, 4.69) is 17.3 Å². The Morgan fingerprint density at radius 1 is 1.14 bits per heavy atom. The molecule has 2 atom stereocenters. The predicted molar refractivity (Wildman–Crippen MR) is 117 cm³/mol. The fraction of sp³-hybridized carbons (Fsp3) is 0.600. The number of piperazine rings is 1. The number of nitrogens with one attached hydrogen (secondary N) is 1. The van der Waals surface area contributed by atoms with E-state index in [0.717, 1.165) is 63.1 Å². The highest BCUT2D eigenvalue weighted by Crippen LogP contribution is 2.24. The molecule has 1 saturated carbocycles. The molecule has 2 fully saturated rings. The molecule has 6 nitrogen and oxygen atoms in total. The normalized spacial score (nSPS) is 22.6. The molecule has 2 unspecified atom stereocenters. The van der Waals surface area contributed by atoms with Crippen LogP contribution in [0.5, 0.6) is 0 Å². The summed E-state index contributed by atoms with van der Waals surface area (Å²) in [6.07, 6.45) is 4.06. The Morgan fingerprint density at radius 3 is 2.54 bits per heavy atom. The quantitative estimate of drug-likeness (QED) is 0.767. The van der Waals surface area contributed by atoms with Gasteiger partial charge in [-0.2, -0.15) is 0 Å². The first-order valence-electron chi connectivity index (χ1n) is 9.63. The van der Waals surface area contributed by atoms with E-state index in [1.807, 2.05) is 29.2 Å². The second-order valence-electron chi connectivity index (χ2n) is 7.67. The molecule has 28 heavy (non-hydrogen) atoms. The van der Waals surface area contributed by atoms with Gasteiger partial charge < -0.3 is 20.9 Å². The molecule has 2 aliphatic rings. The summed E-state index contributed by atoms with van der Waals surface area (Å²) in [5, 5.41) is 3.01. The van der Waals surface area contributed by atoms with E-state index in [-0.39, 0.29) is 48.6 Å². The van der Waals surface area contributed by atoms with E-state index in [1.54, 1.807) is 0 Å². The number of rotatable bonds is 4. The summed E-state index contributed by atoms with van der Waals surface area (Å²) >= 11 is 0. The average molecular weight is 431 g/mol. The van der Waals surface area contributed by atoms with Crippen molar-refractivity contribution in [2.75, 3.05) is 38.5 Å². The number of halogens is 2. The second kappa shape index (κ2) is 11.6. The van der Waals surface area contributed by atoms with E-state index < -0.39 is 0 Å². The highest BCUT2D eigenvalue weighted by atomic mass is 35.5. The SMILES string of the molecule is CN1CCN(C(=O)Cc2cccc(NC(=O)C3CCCC(N)C3)c2)CC1.Cl.Cl. The number of hydrogen-bond acceptors (Lipinski definition) is 4. The van der Waals surface area contributed by atoms with Crippen LogP contribution in [0.3, 0.4) is 0 Å². The molecule has 0 bridgehead atoms. The van der Waals surface area contributed by atoms with Crippen LogP contribution in [-0.2, 0) is 16.0 Å². The van der Waals surface area contributed by atoms with Crippen molar-refractivity contribution in [1.82, 2.24) is 9.80 Å². The van der Waals surface area contributed by atoms with Crippen LogP contribution < -0.4 is 11.1 Å². The molecule has 1 aromatic carbocycles. The minimum absolute atomic E-state index is 0. The average Bonchev–Trinajstić information content (AvgIpc) is 2.62. The van der Waals surface area contributed by atoms with Gasteiger partial charge in [-0.15, -0.1) is 24.8 Å². The van der Waals surface area contributed by atoms with Crippen molar-refractivity contribution in [3.05, 3.63) is 29.8 Å². The third kappa shape index (κ3) is 6.92. The summed E-state index contributed by atoms with van der Waals surface area (Å²) in [6.45, 7) is 3.41. The summed E-state index contributed by atoms with van der Waals surface area (Å²) in [6, 6.07) is 7.76. The largest absolute Gasteiger partial charge is 0.340 e. The van der Waals surface area contributed by atoms with Crippen molar-refractivity contribution < 1.29 is 9.59 Å². The summed E-state index contributed by atoms with van der Waals surface area (Å²) < 4.78 is 0. The lowest BCUT2D eigenvalue weighted by molar-refractivity contribution is -0.132. The molecular formula is C20H32Cl2N4O2. The highest BCUT2D eigenvalue weighted by molar-refractivity contribution is 5.92. The number of carbonyl (C=O) groups is 2. The van der Waals surface area contributed by atoms with Gasteiger partial charge in [0.1, 0.15) is 0 Å². The van der Waals surface area contributed by atoms with E-state index in [9.17, 15) is 9.59 Å². The molecule has 0 radical (unpaired) electrons. The zero-order valence-corrected chi connectivity index (χ0v) is 18.1. The third-order valence-electron chi connectivity index (χ3n) is 5.49. The first-order valence-corrected chi connectivity index (χ1v) is 9.63. The highest BCUT2D eigenvalue weighted by Gasteiger charge is 2.25. The summed E-state index contributed by atoms with van der Waals surface area (Å²) in [7, 11) is 2.08. The Balaban J connectivity index is 0.00000196. The third-order valence-corrected chi connectivity index (χ3v) is 5.49. The Labute approximate surface area is 180 Å². The van der Waals surface area contributed by atoms with Crippen LogP contribution in [0.1, 0.15) is 31.2 Å². The van der Waals surface area contributed by atoms with Gasteiger partial charge in [0.15, 0.2) is 0 Å². The lowest BCUT2D eigenvalue weighted by Gasteiger charge is -2.32. The lowest BCUT2D eigenvalue weighted by Crippen LogP contribution is -2.47. The number of anilines is 1. The van der Waals surface area contributed by atoms with Crippen LogP contribution in [-0.4, -0.2) is 60.9 Å². The summed E-state index contributed by atoms with van der Waals surface area (Å²) in [4.78, 5) is 29.1. The molecule has 2 amide bonds. The number of carbonyl (C=O) groups excluding carboxylic acids is 2. The molecule has 3 rings (SSSR count). The van der Waals surface area contributed by atoms with Gasteiger partial charge in [0, 0.05) is 43.8 Å². The van der Waals surface area contributed by atoms with Gasteiger partial charge in [0.2, 0.25) is 11.8 Å². The van der Waals surface area contributed by atoms with E-state index in [1.165, 1.54) is 0 Å². The molecule has 1 saturated heterocycles. The van der Waals surface area contributed by atoms with E-state index >= 15 is 0 Å². The number of likely N-dealkylation sites (N-methyl/N-ethyl adjacent to an activating group) is 1. The van der Waals surface area contributed by atoms with Crippen LogP contribution >= 0.6 is 24.8 Å². The second-order valence-corrected chi connectivity index (χ2v) is 7.67. The number of nitrogens with zero attached hydrogens (tertiary/aromatic N) is 2. The maximum absolute atomic E-state index is 12.5. The predicted octanol–water partition coefficient (Wildman–Crippen LogP) is 2.30. The topological polar surface area (TPSA) is 78.7 Å². The molecule has 1 aliphatic heterocycles. The Bertz CT molecular complexity index is 651. The Hall–Kier alpha value is -1.34. The first-order chi connectivity index (χ1) is 12.5. The van der Waals surface area contributed by atoms with Crippen molar-refractivity contribution in [3.63, 3.8) is 0 Å². The van der Waals surface area contributed by atoms with Crippen molar-refractivity contribution in [2.45, 2.75) is 38.1 Å². The summed E-state index contributed by atoms with van der Waals surface area (Å²) in [5.41, 5.74) is 7.69. The van der Waals surface area contributed by atoms with Gasteiger partial charge in [-0.3, -0.25) is 9.59 Å². The molecule has 8 heteroatoms. The van der Waals surface area contributed by atoms with Crippen molar-refractivity contribution in [2.24, 2.45) is 11.7 Å². The van der Waals surface area contributed by atoms with Crippen molar-refractivity contribution in [1.29, 1.82) is 0 Å². The molecular weight excluding hydrogens is 399 g/mol. The Morgan fingerprint density at radius 2 is 1.86 bits per heavy atom. The van der Waals surface area contributed by atoms with Crippen LogP contribution in [0, 0.1) is 5.92 Å². The minimum Gasteiger partial charge on any atom is -0.340 e. The monoisotopic (exact) mass is 430 g/mol. The maximum atomic E-state index is 12.5. The van der Waals surface area contributed by atoms with E-state index in [0.29, 0.717) is 6.42 Å². The van der Waals surface area contributed by atoms with Crippen molar-refractivity contribution in [3.8, 4) is 0 Å². The molecule has 1 aromatic rings. The van der Waals surface area contributed by atoms with Gasteiger partial charge in [0.25, 0.3) is 0 Å². The van der Waals surface area contributed by atoms with Gasteiger partial charge >= 0.3 is 0 Å². The Kier molecular flexibility index (Phi) is 10.2. The molecule has 158 valence electrons. The zero-order valence-electron chi connectivity index (χ0n) is 16.4. The standard InChI is InChI=1S/C20H30N4O2.2ClH/c1-23-8-10-24(11-9-23)19(25)13-15-4-2-7-18(12-15)22-20(26)16-5-3-6-17(21)14-16;;/h2,4,7,12,16-17H,3,5-6,8-11,13-14,21H2,1H3,(H,22,26);2*1H. The van der Waals surface area contributed by atoms with Crippen LogP contribution in [0.15, 0.2) is 24.3 Å². The van der Waals surface area contributed by atoms with Crippen LogP contribution in [0.25, 0.3) is 0 Å². The zero-order chi connectivity index (χ0) is 18.5. The smallest absolute Gasteiger partial charge is 0.227 e. The number of amides is 2. The fourth-order valence-electron chi connectivity index (χ4n) is 3.81.